The number of hydrogen-bond donors (Lipinski definition) is 2. The summed E-state index contributed by atoms with van der Waals surface area (Å²) in [7, 11) is 0. The largest absolute Gasteiger partial charge is 0.349 e. The molecule has 3 aromatic rings. The highest BCUT2D eigenvalue weighted by Gasteiger charge is 2.38. The van der Waals surface area contributed by atoms with Gasteiger partial charge in [-0.05, 0) is 67.3 Å². The molecule has 6 nitrogen and oxygen atoms in total. The van der Waals surface area contributed by atoms with Gasteiger partial charge in [-0.2, -0.15) is 0 Å². The first-order chi connectivity index (χ1) is 16.2. The summed E-state index contributed by atoms with van der Waals surface area (Å²) in [6, 6.07) is 20.0. The van der Waals surface area contributed by atoms with Crippen molar-refractivity contribution in [2.24, 2.45) is 0 Å². The van der Waals surface area contributed by atoms with E-state index in [1.165, 1.54) is 0 Å². The summed E-state index contributed by atoms with van der Waals surface area (Å²) in [6.45, 7) is 5.95. The molecule has 4 rings (SSSR count). The van der Waals surface area contributed by atoms with Crippen LogP contribution >= 0.6 is 11.6 Å². The number of nitrogens with zero attached hydrogens (tertiary/aromatic N) is 1. The minimum absolute atomic E-state index is 0.00239. The molecule has 0 fully saturated rings. The second-order valence-corrected chi connectivity index (χ2v) is 8.66. The van der Waals surface area contributed by atoms with E-state index >= 15 is 0 Å². The van der Waals surface area contributed by atoms with Crippen LogP contribution in [0, 0.1) is 20.8 Å². The lowest BCUT2D eigenvalue weighted by molar-refractivity contribution is -0.138. The van der Waals surface area contributed by atoms with Gasteiger partial charge in [0.25, 0.3) is 17.7 Å². The molecule has 0 saturated carbocycles. The SMILES string of the molecule is Cc1ccc(NC(=O)c2ccc(C)c(NC3=C(Cl)C(=O)N(Cc4ccccc4)C3=O)c2)cc1C. The fraction of sp³-hybridized carbons (Fsp3) is 0.148. The number of hydrogen-bond acceptors (Lipinski definition) is 4. The Morgan fingerprint density at radius 2 is 1.56 bits per heavy atom. The molecule has 0 aliphatic carbocycles. The number of carbonyl (C=O) groups excluding carboxylic acids is 3. The Kier molecular flexibility index (Phi) is 6.52. The van der Waals surface area contributed by atoms with E-state index in [1.54, 1.807) is 18.2 Å². The van der Waals surface area contributed by atoms with E-state index in [4.69, 9.17) is 11.6 Å². The lowest BCUT2D eigenvalue weighted by atomic mass is 10.1. The number of nitrogens with one attached hydrogen (secondary N) is 2. The fourth-order valence-corrected chi connectivity index (χ4v) is 3.85. The Morgan fingerprint density at radius 3 is 2.26 bits per heavy atom. The van der Waals surface area contributed by atoms with Crippen LogP contribution in [-0.4, -0.2) is 22.6 Å². The molecule has 1 heterocycles. The molecule has 0 radical (unpaired) electrons. The van der Waals surface area contributed by atoms with Crippen LogP contribution in [0.15, 0.2) is 77.5 Å². The van der Waals surface area contributed by atoms with Gasteiger partial charge >= 0.3 is 0 Å². The molecule has 172 valence electrons. The number of aryl methyl sites for hydroxylation is 3. The number of rotatable bonds is 6. The van der Waals surface area contributed by atoms with Crippen LogP contribution in [0.5, 0.6) is 0 Å². The fourth-order valence-electron chi connectivity index (χ4n) is 3.62. The first kappa shape index (κ1) is 23.3. The summed E-state index contributed by atoms with van der Waals surface area (Å²) in [5.41, 5.74) is 5.44. The van der Waals surface area contributed by atoms with Crippen LogP contribution in [0.3, 0.4) is 0 Å². The molecule has 0 spiro atoms. The van der Waals surface area contributed by atoms with Gasteiger partial charge in [0, 0.05) is 16.9 Å². The maximum absolute atomic E-state index is 13.0. The van der Waals surface area contributed by atoms with Gasteiger partial charge in [-0.1, -0.05) is 54.1 Å². The van der Waals surface area contributed by atoms with E-state index in [9.17, 15) is 14.4 Å². The smallest absolute Gasteiger partial charge is 0.279 e. The van der Waals surface area contributed by atoms with Crippen LogP contribution in [0.25, 0.3) is 0 Å². The summed E-state index contributed by atoms with van der Waals surface area (Å²) in [5.74, 6) is -1.35. The van der Waals surface area contributed by atoms with Crippen molar-refractivity contribution in [1.29, 1.82) is 0 Å². The molecule has 0 atom stereocenters. The van der Waals surface area contributed by atoms with Gasteiger partial charge in [-0.15, -0.1) is 0 Å². The number of amides is 3. The molecule has 0 aromatic heterocycles. The Bertz CT molecular complexity index is 1330. The van der Waals surface area contributed by atoms with Crippen LogP contribution in [0.1, 0.15) is 32.6 Å². The highest BCUT2D eigenvalue weighted by Crippen LogP contribution is 2.29. The van der Waals surface area contributed by atoms with E-state index in [-0.39, 0.29) is 23.2 Å². The van der Waals surface area contributed by atoms with Crippen molar-refractivity contribution in [2.75, 3.05) is 10.6 Å². The van der Waals surface area contributed by atoms with Crippen molar-refractivity contribution in [3.63, 3.8) is 0 Å². The molecule has 0 saturated heterocycles. The minimum atomic E-state index is -0.556. The molecule has 0 unspecified atom stereocenters. The molecular weight excluding hydrogens is 450 g/mol. The first-order valence-electron chi connectivity index (χ1n) is 10.8. The predicted molar refractivity (Wildman–Crippen MR) is 134 cm³/mol. The monoisotopic (exact) mass is 473 g/mol. The zero-order valence-electron chi connectivity index (χ0n) is 19.1. The molecule has 3 amide bonds. The average Bonchev–Trinajstić information content (AvgIpc) is 3.01. The minimum Gasteiger partial charge on any atom is -0.349 e. The normalized spacial score (nSPS) is 13.5. The van der Waals surface area contributed by atoms with Crippen molar-refractivity contribution >= 4 is 40.7 Å². The Hall–Kier alpha value is -3.90. The van der Waals surface area contributed by atoms with Gasteiger partial charge in [-0.3, -0.25) is 19.3 Å². The number of carbonyl (C=O) groups is 3. The molecule has 3 aromatic carbocycles. The summed E-state index contributed by atoms with van der Waals surface area (Å²) < 4.78 is 0. The van der Waals surface area contributed by atoms with Crippen LogP contribution in [-0.2, 0) is 16.1 Å². The molecular formula is C27H24ClN3O3. The molecule has 0 bridgehead atoms. The van der Waals surface area contributed by atoms with Gasteiger partial charge in [0.1, 0.15) is 10.7 Å². The summed E-state index contributed by atoms with van der Waals surface area (Å²) in [5, 5.41) is 5.70. The van der Waals surface area contributed by atoms with E-state index in [0.29, 0.717) is 16.9 Å². The van der Waals surface area contributed by atoms with E-state index in [0.717, 1.165) is 27.2 Å². The van der Waals surface area contributed by atoms with Gasteiger partial charge in [-0.25, -0.2) is 0 Å². The lowest BCUT2D eigenvalue weighted by Gasteiger charge is -2.16. The summed E-state index contributed by atoms with van der Waals surface area (Å²) in [6.07, 6.45) is 0. The summed E-state index contributed by atoms with van der Waals surface area (Å²) >= 11 is 6.25. The molecule has 2 N–H and O–H groups in total. The quantitative estimate of drug-likeness (QED) is 0.476. The first-order valence-corrected chi connectivity index (χ1v) is 11.2. The Labute approximate surface area is 203 Å². The number of anilines is 2. The highest BCUT2D eigenvalue weighted by atomic mass is 35.5. The molecule has 34 heavy (non-hydrogen) atoms. The standard InChI is InChI=1S/C27H24ClN3O3/c1-16-10-12-21(13-18(16)3)29-25(32)20-11-9-17(2)22(14-20)30-24-23(28)26(33)31(27(24)34)15-19-7-5-4-6-8-19/h4-14,30H,15H2,1-3H3,(H,29,32). The third-order valence-corrected chi connectivity index (χ3v) is 6.17. The van der Waals surface area contributed by atoms with Crippen molar-refractivity contribution in [2.45, 2.75) is 27.3 Å². The second kappa shape index (κ2) is 9.53. The van der Waals surface area contributed by atoms with Crippen molar-refractivity contribution in [1.82, 2.24) is 4.90 Å². The highest BCUT2D eigenvalue weighted by molar-refractivity contribution is 6.48. The molecule has 7 heteroatoms. The average molecular weight is 474 g/mol. The zero-order valence-corrected chi connectivity index (χ0v) is 19.9. The molecule has 1 aliphatic heterocycles. The maximum Gasteiger partial charge on any atom is 0.279 e. The van der Waals surface area contributed by atoms with Crippen molar-refractivity contribution < 1.29 is 14.4 Å². The predicted octanol–water partition coefficient (Wildman–Crippen LogP) is 5.30. The van der Waals surface area contributed by atoms with Crippen molar-refractivity contribution in [3.8, 4) is 0 Å². The van der Waals surface area contributed by atoms with E-state index < -0.39 is 11.8 Å². The van der Waals surface area contributed by atoms with Gasteiger partial charge in [0.15, 0.2) is 0 Å². The number of imide groups is 1. The lowest BCUT2D eigenvalue weighted by Crippen LogP contribution is -2.31. The topological polar surface area (TPSA) is 78.5 Å². The maximum atomic E-state index is 13.0. The number of benzene rings is 3. The zero-order chi connectivity index (χ0) is 24.4. The van der Waals surface area contributed by atoms with E-state index in [2.05, 4.69) is 10.6 Å². The Balaban J connectivity index is 1.53. The molecule has 1 aliphatic rings. The van der Waals surface area contributed by atoms with Gasteiger partial charge in [0.05, 0.1) is 6.54 Å². The third kappa shape index (κ3) is 4.72. The third-order valence-electron chi connectivity index (χ3n) is 5.82. The van der Waals surface area contributed by atoms with Crippen LogP contribution < -0.4 is 10.6 Å². The van der Waals surface area contributed by atoms with Crippen LogP contribution in [0.4, 0.5) is 11.4 Å². The van der Waals surface area contributed by atoms with E-state index in [1.807, 2.05) is 69.3 Å². The van der Waals surface area contributed by atoms with Gasteiger partial charge in [0.2, 0.25) is 0 Å². The number of halogens is 1. The van der Waals surface area contributed by atoms with Gasteiger partial charge < -0.3 is 10.6 Å². The van der Waals surface area contributed by atoms with Crippen LogP contribution in [0.2, 0.25) is 0 Å². The summed E-state index contributed by atoms with van der Waals surface area (Å²) in [4.78, 5) is 39.6. The second-order valence-electron chi connectivity index (χ2n) is 8.28. The Morgan fingerprint density at radius 1 is 0.853 bits per heavy atom. The van der Waals surface area contributed by atoms with Crippen molar-refractivity contribution in [3.05, 3.63) is 105 Å².